The molecule has 114 valence electrons. The van der Waals surface area contributed by atoms with Crippen molar-refractivity contribution in [1.82, 2.24) is 0 Å². The first-order chi connectivity index (χ1) is 9.88. The van der Waals surface area contributed by atoms with Gasteiger partial charge in [0.2, 0.25) is 0 Å². The molecule has 0 aromatic heterocycles. The van der Waals surface area contributed by atoms with E-state index >= 15 is 0 Å². The van der Waals surface area contributed by atoms with Crippen LogP contribution in [0.3, 0.4) is 0 Å². The van der Waals surface area contributed by atoms with Crippen molar-refractivity contribution in [3.63, 3.8) is 0 Å². The molecule has 0 atom stereocenters. The Labute approximate surface area is 127 Å². The van der Waals surface area contributed by atoms with Gasteiger partial charge in [0.05, 0.1) is 0 Å². The third kappa shape index (κ3) is 9.38. The monoisotopic (exact) mass is 288 g/mol. The lowest BCUT2D eigenvalue weighted by atomic mass is 10.1. The summed E-state index contributed by atoms with van der Waals surface area (Å²) in [5.41, 5.74) is 3.11. The van der Waals surface area contributed by atoms with Crippen molar-refractivity contribution in [2.75, 3.05) is 0 Å². The molecule has 0 spiro atoms. The fourth-order valence-electron chi connectivity index (χ4n) is 1.45. The van der Waals surface area contributed by atoms with Crippen LogP contribution in [0.25, 0.3) is 0 Å². The maximum absolute atomic E-state index is 10.7. The Morgan fingerprint density at radius 2 is 1.67 bits per heavy atom. The number of carboxylic acid groups (broad SMARTS) is 1. The number of carbonyl (C=O) groups excluding carboxylic acids is 1. The van der Waals surface area contributed by atoms with Crippen LogP contribution in [0.15, 0.2) is 53.6 Å². The molecule has 0 amide bonds. The van der Waals surface area contributed by atoms with E-state index in [-0.39, 0.29) is 5.56 Å². The van der Waals surface area contributed by atoms with Crippen LogP contribution in [0.2, 0.25) is 0 Å². The van der Waals surface area contributed by atoms with Crippen LogP contribution in [-0.2, 0) is 4.79 Å². The number of carboxylic acids is 1. The molecular formula is C18H24O3. The maximum atomic E-state index is 10.7. The van der Waals surface area contributed by atoms with Crippen molar-refractivity contribution in [2.24, 2.45) is 0 Å². The second-order valence-electron chi connectivity index (χ2n) is 4.96. The predicted octanol–water partition coefficient (Wildman–Crippen LogP) is 4.65. The molecule has 0 aliphatic carbocycles. The molecule has 21 heavy (non-hydrogen) atoms. The number of benzene rings is 1. The van der Waals surface area contributed by atoms with Crippen LogP contribution in [0, 0.1) is 0 Å². The Kier molecular flexibility index (Phi) is 9.52. The van der Waals surface area contributed by atoms with Crippen molar-refractivity contribution < 1.29 is 14.7 Å². The van der Waals surface area contributed by atoms with Crippen LogP contribution in [0.5, 0.6) is 0 Å². The summed E-state index contributed by atoms with van der Waals surface area (Å²) in [6.07, 6.45) is 6.87. The van der Waals surface area contributed by atoms with Gasteiger partial charge in [-0.25, -0.2) is 4.79 Å². The minimum absolute atomic E-state index is 0.208. The van der Waals surface area contributed by atoms with E-state index in [4.69, 9.17) is 5.11 Å². The van der Waals surface area contributed by atoms with E-state index in [1.54, 1.807) is 18.2 Å². The van der Waals surface area contributed by atoms with E-state index in [0.29, 0.717) is 0 Å². The van der Waals surface area contributed by atoms with Crippen LogP contribution < -0.4 is 0 Å². The molecule has 0 saturated carbocycles. The standard InChI is InChI=1S/C10H18.C8H6O3/c1-5-10(4)8-6-7-9(2)3;9-7(8(10)11)6-4-2-1-3-5-6/h5,7H,6,8H2,1-4H3;1-5H,(H,10,11). The SMILES string of the molecule is CC=C(C)CCC=C(C)C.O=C(O)C(=O)c1ccccc1. The second-order valence-corrected chi connectivity index (χ2v) is 4.96. The highest BCUT2D eigenvalue weighted by Gasteiger charge is 2.12. The van der Waals surface area contributed by atoms with Gasteiger partial charge in [-0.1, -0.05) is 53.6 Å². The van der Waals surface area contributed by atoms with E-state index in [0.717, 1.165) is 0 Å². The predicted molar refractivity (Wildman–Crippen MR) is 86.5 cm³/mol. The van der Waals surface area contributed by atoms with Crippen molar-refractivity contribution in [3.05, 3.63) is 59.2 Å². The molecule has 1 aromatic carbocycles. The van der Waals surface area contributed by atoms with Crippen molar-refractivity contribution in [1.29, 1.82) is 0 Å². The molecule has 0 radical (unpaired) electrons. The van der Waals surface area contributed by atoms with Gasteiger partial charge in [0.1, 0.15) is 0 Å². The molecule has 1 N–H and O–H groups in total. The average molecular weight is 288 g/mol. The highest BCUT2D eigenvalue weighted by molar-refractivity contribution is 6.39. The molecule has 0 bridgehead atoms. The molecule has 1 rings (SSSR count). The number of hydrogen-bond donors (Lipinski definition) is 1. The number of allylic oxidation sites excluding steroid dienone is 4. The van der Waals surface area contributed by atoms with E-state index in [2.05, 4.69) is 39.8 Å². The lowest BCUT2D eigenvalue weighted by molar-refractivity contribution is -0.131. The molecular weight excluding hydrogens is 264 g/mol. The second kappa shape index (κ2) is 10.6. The Hall–Kier alpha value is -2.16. The van der Waals surface area contributed by atoms with Gasteiger partial charge in [-0.2, -0.15) is 0 Å². The molecule has 3 heteroatoms. The van der Waals surface area contributed by atoms with Gasteiger partial charge in [-0.15, -0.1) is 0 Å². The molecule has 0 heterocycles. The highest BCUT2D eigenvalue weighted by Crippen LogP contribution is 2.05. The zero-order valence-corrected chi connectivity index (χ0v) is 13.2. The van der Waals surface area contributed by atoms with Gasteiger partial charge in [-0.3, -0.25) is 4.79 Å². The van der Waals surface area contributed by atoms with Crippen LogP contribution in [0.1, 0.15) is 50.9 Å². The fraction of sp³-hybridized carbons (Fsp3) is 0.333. The summed E-state index contributed by atoms with van der Waals surface area (Å²) in [6.45, 7) is 8.56. The third-order valence-electron chi connectivity index (χ3n) is 2.81. The van der Waals surface area contributed by atoms with Gasteiger partial charge in [0, 0.05) is 5.56 Å². The molecule has 0 fully saturated rings. The molecule has 3 nitrogen and oxygen atoms in total. The fourth-order valence-corrected chi connectivity index (χ4v) is 1.45. The number of rotatable bonds is 5. The van der Waals surface area contributed by atoms with Gasteiger partial charge < -0.3 is 5.11 Å². The smallest absolute Gasteiger partial charge is 0.377 e. The number of aliphatic carboxylic acids is 1. The van der Waals surface area contributed by atoms with Gasteiger partial charge in [-0.05, 0) is 40.5 Å². The first kappa shape index (κ1) is 18.8. The zero-order chi connectivity index (χ0) is 16.3. The lowest BCUT2D eigenvalue weighted by Crippen LogP contribution is -2.12. The Morgan fingerprint density at radius 3 is 2.10 bits per heavy atom. The number of hydrogen-bond acceptors (Lipinski definition) is 2. The minimum Gasteiger partial charge on any atom is -0.475 e. The summed E-state index contributed by atoms with van der Waals surface area (Å²) < 4.78 is 0. The summed E-state index contributed by atoms with van der Waals surface area (Å²) in [5, 5.41) is 8.29. The zero-order valence-electron chi connectivity index (χ0n) is 13.2. The van der Waals surface area contributed by atoms with E-state index in [9.17, 15) is 9.59 Å². The van der Waals surface area contributed by atoms with Gasteiger partial charge in [0.15, 0.2) is 0 Å². The van der Waals surface area contributed by atoms with Crippen molar-refractivity contribution >= 4 is 11.8 Å². The maximum Gasteiger partial charge on any atom is 0.377 e. The molecule has 1 aromatic rings. The van der Waals surface area contributed by atoms with E-state index in [1.807, 2.05) is 0 Å². The number of carbonyl (C=O) groups is 2. The van der Waals surface area contributed by atoms with Gasteiger partial charge in [0.25, 0.3) is 5.78 Å². The molecule has 0 saturated heterocycles. The van der Waals surface area contributed by atoms with Crippen molar-refractivity contribution in [3.8, 4) is 0 Å². The normalized spacial score (nSPS) is 10.2. The Morgan fingerprint density at radius 1 is 1.10 bits per heavy atom. The number of Topliss-reactive ketones (excluding diaryl/α,β-unsaturated/α-hetero) is 1. The van der Waals surface area contributed by atoms with E-state index in [1.165, 1.54) is 36.1 Å². The molecule has 0 aliphatic rings. The average Bonchev–Trinajstić information content (AvgIpc) is 2.47. The highest BCUT2D eigenvalue weighted by atomic mass is 16.4. The molecule has 0 aliphatic heterocycles. The van der Waals surface area contributed by atoms with Crippen LogP contribution in [-0.4, -0.2) is 16.9 Å². The minimum atomic E-state index is -1.42. The van der Waals surface area contributed by atoms with Gasteiger partial charge >= 0.3 is 5.97 Å². The summed E-state index contributed by atoms with van der Waals surface area (Å²) in [7, 11) is 0. The first-order valence-corrected chi connectivity index (χ1v) is 6.96. The third-order valence-corrected chi connectivity index (χ3v) is 2.81. The quantitative estimate of drug-likeness (QED) is 0.487. The summed E-state index contributed by atoms with van der Waals surface area (Å²) in [6, 6.07) is 7.90. The lowest BCUT2D eigenvalue weighted by Gasteiger charge is -1.95. The van der Waals surface area contributed by atoms with E-state index < -0.39 is 11.8 Å². The summed E-state index contributed by atoms with van der Waals surface area (Å²) in [5.74, 6) is -2.29. The Balaban J connectivity index is 0.000000384. The molecule has 0 unspecified atom stereocenters. The van der Waals surface area contributed by atoms with Crippen molar-refractivity contribution in [2.45, 2.75) is 40.5 Å². The Bertz CT molecular complexity index is 507. The van der Waals surface area contributed by atoms with Crippen LogP contribution in [0.4, 0.5) is 0 Å². The van der Waals surface area contributed by atoms with Crippen LogP contribution >= 0.6 is 0 Å². The topological polar surface area (TPSA) is 54.4 Å². The largest absolute Gasteiger partial charge is 0.475 e. The summed E-state index contributed by atoms with van der Waals surface area (Å²) in [4.78, 5) is 20.9. The first-order valence-electron chi connectivity index (χ1n) is 6.96. The number of ketones is 1. The summed E-state index contributed by atoms with van der Waals surface area (Å²) >= 11 is 0.